The number of hydrogen-bond donors (Lipinski definition) is 0. The zero-order valence-electron chi connectivity index (χ0n) is 9.73. The summed E-state index contributed by atoms with van der Waals surface area (Å²) >= 11 is 15.1. The second-order valence-corrected chi connectivity index (χ2v) is 5.43. The highest BCUT2D eigenvalue weighted by Gasteiger charge is 2.28. The minimum atomic E-state index is -4.38. The molecular formula is C11H10BrCl2F3O2. The van der Waals surface area contributed by atoms with Crippen molar-refractivity contribution in [3.63, 3.8) is 0 Å². The molecular weight excluding hydrogens is 372 g/mol. The summed E-state index contributed by atoms with van der Waals surface area (Å²) in [7, 11) is 1.43. The van der Waals surface area contributed by atoms with Crippen LogP contribution in [-0.2, 0) is 4.74 Å². The first-order valence-electron chi connectivity index (χ1n) is 5.06. The highest BCUT2D eigenvalue weighted by molar-refractivity contribution is 9.10. The zero-order valence-corrected chi connectivity index (χ0v) is 12.8. The molecule has 1 rings (SSSR count). The molecule has 0 aliphatic heterocycles. The quantitative estimate of drug-likeness (QED) is 0.670. The van der Waals surface area contributed by atoms with E-state index >= 15 is 0 Å². The first-order valence-corrected chi connectivity index (χ1v) is 6.67. The van der Waals surface area contributed by atoms with Crippen molar-refractivity contribution >= 4 is 39.1 Å². The van der Waals surface area contributed by atoms with E-state index in [4.69, 9.17) is 27.9 Å². The van der Waals surface area contributed by atoms with Crippen LogP contribution in [0.4, 0.5) is 13.2 Å². The van der Waals surface area contributed by atoms with E-state index in [0.717, 1.165) is 0 Å². The molecule has 0 amide bonds. The molecule has 0 saturated carbocycles. The van der Waals surface area contributed by atoms with Gasteiger partial charge in [-0.1, -0.05) is 11.6 Å². The normalized spacial score (nSPS) is 13.4. The van der Waals surface area contributed by atoms with Crippen LogP contribution < -0.4 is 4.74 Å². The third-order valence-corrected chi connectivity index (χ3v) is 3.28. The lowest BCUT2D eigenvalue weighted by Crippen LogP contribution is -2.18. The molecule has 0 saturated heterocycles. The Bertz CT molecular complexity index is 441. The number of rotatable bonds is 5. The third-order valence-electron chi connectivity index (χ3n) is 2.11. The van der Waals surface area contributed by atoms with Crippen molar-refractivity contribution in [2.45, 2.75) is 11.6 Å². The molecule has 0 bridgehead atoms. The van der Waals surface area contributed by atoms with Gasteiger partial charge in [-0.2, -0.15) is 13.2 Å². The second-order valence-electron chi connectivity index (χ2n) is 3.61. The van der Waals surface area contributed by atoms with Gasteiger partial charge in [0.2, 0.25) is 0 Å². The Morgan fingerprint density at radius 3 is 2.53 bits per heavy atom. The van der Waals surface area contributed by atoms with Gasteiger partial charge in [0.1, 0.15) is 12.4 Å². The van der Waals surface area contributed by atoms with E-state index in [9.17, 15) is 13.2 Å². The Hall–Kier alpha value is -0.170. The van der Waals surface area contributed by atoms with Crippen LogP contribution in [0, 0.1) is 0 Å². The fourth-order valence-corrected chi connectivity index (χ4v) is 2.64. The number of ether oxygens (including phenoxy) is 2. The van der Waals surface area contributed by atoms with Gasteiger partial charge in [-0.05, 0) is 28.1 Å². The van der Waals surface area contributed by atoms with Gasteiger partial charge in [-0.15, -0.1) is 11.6 Å². The number of halogens is 6. The number of hydrogen-bond acceptors (Lipinski definition) is 2. The highest BCUT2D eigenvalue weighted by Crippen LogP contribution is 2.38. The minimum Gasteiger partial charge on any atom is -0.495 e. The number of benzene rings is 1. The van der Waals surface area contributed by atoms with Gasteiger partial charge in [0, 0.05) is 10.6 Å². The van der Waals surface area contributed by atoms with E-state index in [2.05, 4.69) is 20.7 Å². The standard InChI is InChI=1S/C11H10BrCl2F3O2/c1-18-10-7(2-6(13)3-8(10)12)9(14)4-19-5-11(15,16)17/h2-3,9H,4-5H2,1H3. The van der Waals surface area contributed by atoms with Crippen LogP contribution in [0.2, 0.25) is 5.02 Å². The lowest BCUT2D eigenvalue weighted by atomic mass is 10.1. The van der Waals surface area contributed by atoms with Crippen molar-refractivity contribution in [3.05, 3.63) is 27.2 Å². The topological polar surface area (TPSA) is 18.5 Å². The first-order chi connectivity index (χ1) is 8.74. The van der Waals surface area contributed by atoms with Gasteiger partial charge in [-0.3, -0.25) is 0 Å². The average Bonchev–Trinajstić information content (AvgIpc) is 2.26. The van der Waals surface area contributed by atoms with Crippen molar-refractivity contribution in [3.8, 4) is 5.75 Å². The zero-order chi connectivity index (χ0) is 14.6. The first kappa shape index (κ1) is 16.9. The van der Waals surface area contributed by atoms with Crippen LogP contribution in [0.3, 0.4) is 0 Å². The summed E-state index contributed by atoms with van der Waals surface area (Å²) in [6.45, 7) is -1.65. The van der Waals surface area contributed by atoms with E-state index in [0.29, 0.717) is 20.8 Å². The summed E-state index contributed by atoms with van der Waals surface area (Å²) in [5.74, 6) is 0.417. The summed E-state index contributed by atoms with van der Waals surface area (Å²) in [5.41, 5.74) is 0.464. The maximum Gasteiger partial charge on any atom is 0.411 e. The molecule has 0 fully saturated rings. The summed E-state index contributed by atoms with van der Waals surface area (Å²) in [4.78, 5) is 0. The maximum absolute atomic E-state index is 12.0. The predicted molar refractivity (Wildman–Crippen MR) is 71.2 cm³/mol. The monoisotopic (exact) mass is 380 g/mol. The Kier molecular flexibility index (Phi) is 6.23. The fraction of sp³-hybridized carbons (Fsp3) is 0.455. The summed E-state index contributed by atoms with van der Waals surface area (Å²) in [6, 6.07) is 3.13. The molecule has 1 aromatic rings. The van der Waals surface area contributed by atoms with E-state index in [1.165, 1.54) is 13.2 Å². The van der Waals surface area contributed by atoms with Gasteiger partial charge in [0.05, 0.1) is 23.6 Å². The molecule has 108 valence electrons. The second kappa shape index (κ2) is 7.02. The van der Waals surface area contributed by atoms with Crippen molar-refractivity contribution in [1.29, 1.82) is 0 Å². The van der Waals surface area contributed by atoms with Crippen molar-refractivity contribution in [2.75, 3.05) is 20.3 Å². The van der Waals surface area contributed by atoms with E-state index in [-0.39, 0.29) is 6.61 Å². The van der Waals surface area contributed by atoms with Crippen LogP contribution in [0.15, 0.2) is 16.6 Å². The lowest BCUT2D eigenvalue weighted by molar-refractivity contribution is -0.173. The molecule has 1 aromatic carbocycles. The van der Waals surface area contributed by atoms with Crippen LogP contribution in [0.5, 0.6) is 5.75 Å². The highest BCUT2D eigenvalue weighted by atomic mass is 79.9. The largest absolute Gasteiger partial charge is 0.495 e. The fourth-order valence-electron chi connectivity index (χ4n) is 1.40. The van der Waals surface area contributed by atoms with E-state index in [1.807, 2.05) is 0 Å². The molecule has 0 aliphatic carbocycles. The predicted octanol–water partition coefficient (Wildman–Crippen LogP) is 4.97. The van der Waals surface area contributed by atoms with Gasteiger partial charge in [0.15, 0.2) is 0 Å². The SMILES string of the molecule is COc1c(Br)cc(Cl)cc1C(Cl)COCC(F)(F)F. The van der Waals surface area contributed by atoms with Gasteiger partial charge in [0.25, 0.3) is 0 Å². The molecule has 0 N–H and O–H groups in total. The molecule has 19 heavy (non-hydrogen) atoms. The van der Waals surface area contributed by atoms with Crippen LogP contribution in [0.25, 0.3) is 0 Å². The molecule has 0 spiro atoms. The molecule has 2 nitrogen and oxygen atoms in total. The number of methoxy groups -OCH3 is 1. The third kappa shape index (κ3) is 5.38. The van der Waals surface area contributed by atoms with Gasteiger partial charge < -0.3 is 9.47 Å². The summed E-state index contributed by atoms with van der Waals surface area (Å²) in [5, 5.41) is -0.406. The van der Waals surface area contributed by atoms with Crippen molar-refractivity contribution in [2.24, 2.45) is 0 Å². The molecule has 0 aromatic heterocycles. The van der Waals surface area contributed by atoms with E-state index < -0.39 is 18.2 Å². The average molecular weight is 382 g/mol. The van der Waals surface area contributed by atoms with Gasteiger partial charge in [-0.25, -0.2) is 0 Å². The Labute approximate surface area is 126 Å². The molecule has 8 heteroatoms. The molecule has 1 atom stereocenters. The smallest absolute Gasteiger partial charge is 0.411 e. The maximum atomic E-state index is 12.0. The summed E-state index contributed by atoms with van der Waals surface area (Å²) < 4.78 is 46.1. The number of alkyl halides is 4. The van der Waals surface area contributed by atoms with Crippen molar-refractivity contribution in [1.82, 2.24) is 0 Å². The van der Waals surface area contributed by atoms with Crippen molar-refractivity contribution < 1.29 is 22.6 Å². The molecule has 1 unspecified atom stereocenters. The Morgan fingerprint density at radius 1 is 1.37 bits per heavy atom. The minimum absolute atomic E-state index is 0.301. The lowest BCUT2D eigenvalue weighted by Gasteiger charge is -2.16. The summed E-state index contributed by atoms with van der Waals surface area (Å²) in [6.07, 6.45) is -4.38. The Morgan fingerprint density at radius 2 is 2.00 bits per heavy atom. The molecule has 0 aliphatic rings. The molecule has 0 radical (unpaired) electrons. The van der Waals surface area contributed by atoms with Crippen LogP contribution >= 0.6 is 39.1 Å². The molecule has 0 heterocycles. The van der Waals surface area contributed by atoms with E-state index in [1.54, 1.807) is 6.07 Å². The Balaban J connectivity index is 2.79. The van der Waals surface area contributed by atoms with Crippen LogP contribution in [0.1, 0.15) is 10.9 Å². The van der Waals surface area contributed by atoms with Gasteiger partial charge >= 0.3 is 6.18 Å². The van der Waals surface area contributed by atoms with Crippen LogP contribution in [-0.4, -0.2) is 26.5 Å².